The van der Waals surface area contributed by atoms with E-state index >= 15 is 0 Å². The van der Waals surface area contributed by atoms with Crippen molar-refractivity contribution in [1.82, 2.24) is 5.01 Å². The molecular formula is C16H19N3O4S. The Labute approximate surface area is 140 Å². The van der Waals surface area contributed by atoms with Gasteiger partial charge in [-0.15, -0.1) is 0 Å². The summed E-state index contributed by atoms with van der Waals surface area (Å²) in [6, 6.07) is 6.92. The second kappa shape index (κ2) is 6.35. The van der Waals surface area contributed by atoms with E-state index in [4.69, 9.17) is 0 Å². The zero-order valence-corrected chi connectivity index (χ0v) is 14.2. The van der Waals surface area contributed by atoms with E-state index in [1.54, 1.807) is 6.07 Å². The molecule has 1 aromatic rings. The molecule has 0 radical (unpaired) electrons. The number of carbonyl (C=O) groups excluding carboxylic acids is 2. The number of rotatable bonds is 3. The van der Waals surface area contributed by atoms with Crippen molar-refractivity contribution in [3.8, 4) is 0 Å². The monoisotopic (exact) mass is 349 g/mol. The molecule has 7 nitrogen and oxygen atoms in total. The number of nitrogens with zero attached hydrogens (tertiary/aromatic N) is 2. The molecule has 8 heteroatoms. The summed E-state index contributed by atoms with van der Waals surface area (Å²) in [4.78, 5) is 24.4. The molecule has 1 fully saturated rings. The van der Waals surface area contributed by atoms with E-state index < -0.39 is 15.9 Å². The maximum atomic E-state index is 12.4. The third-order valence-corrected chi connectivity index (χ3v) is 5.90. The van der Waals surface area contributed by atoms with Crippen molar-refractivity contribution in [3.05, 3.63) is 29.8 Å². The summed E-state index contributed by atoms with van der Waals surface area (Å²) < 4.78 is 23.2. The Morgan fingerprint density at radius 1 is 1.33 bits per heavy atom. The SMILES string of the molecule is Cc1cccc(NC(=O)C2=NN([C@H]3CCS(=O)(=O)C3)C(=O)CC2)c1. The molecule has 2 heterocycles. The molecule has 2 aliphatic heterocycles. The Morgan fingerprint density at radius 2 is 2.12 bits per heavy atom. The topological polar surface area (TPSA) is 95.9 Å². The maximum Gasteiger partial charge on any atom is 0.271 e. The van der Waals surface area contributed by atoms with Gasteiger partial charge < -0.3 is 5.32 Å². The Bertz CT molecular complexity index is 816. The van der Waals surface area contributed by atoms with Gasteiger partial charge in [0.1, 0.15) is 5.71 Å². The predicted molar refractivity (Wildman–Crippen MR) is 90.4 cm³/mol. The minimum atomic E-state index is -3.12. The van der Waals surface area contributed by atoms with Gasteiger partial charge >= 0.3 is 0 Å². The smallest absolute Gasteiger partial charge is 0.271 e. The fourth-order valence-electron chi connectivity index (χ4n) is 2.91. The van der Waals surface area contributed by atoms with Crippen LogP contribution in [0.15, 0.2) is 29.4 Å². The summed E-state index contributed by atoms with van der Waals surface area (Å²) in [5, 5.41) is 8.12. The van der Waals surface area contributed by atoms with Gasteiger partial charge in [0.15, 0.2) is 9.84 Å². The van der Waals surface area contributed by atoms with Gasteiger partial charge in [-0.2, -0.15) is 5.10 Å². The highest BCUT2D eigenvalue weighted by Gasteiger charge is 2.37. The van der Waals surface area contributed by atoms with Crippen LogP contribution in [-0.2, 0) is 19.4 Å². The average Bonchev–Trinajstić information content (AvgIpc) is 2.87. The van der Waals surface area contributed by atoms with Crippen LogP contribution in [-0.4, -0.2) is 48.5 Å². The van der Waals surface area contributed by atoms with Crippen molar-refractivity contribution in [2.75, 3.05) is 16.8 Å². The molecular weight excluding hydrogens is 330 g/mol. The summed E-state index contributed by atoms with van der Waals surface area (Å²) >= 11 is 0. The summed E-state index contributed by atoms with van der Waals surface area (Å²) in [5.74, 6) is -0.625. The van der Waals surface area contributed by atoms with Gasteiger partial charge in [0, 0.05) is 18.5 Å². The normalized spacial score (nSPS) is 23.0. The third-order valence-electron chi connectivity index (χ3n) is 4.15. The highest BCUT2D eigenvalue weighted by molar-refractivity contribution is 7.91. The molecule has 2 aliphatic rings. The van der Waals surface area contributed by atoms with E-state index in [1.807, 2.05) is 25.1 Å². The second-order valence-corrected chi connectivity index (χ2v) is 8.39. The third kappa shape index (κ3) is 3.64. The van der Waals surface area contributed by atoms with Crippen LogP contribution in [0.3, 0.4) is 0 Å². The number of hydrogen-bond acceptors (Lipinski definition) is 5. The Balaban J connectivity index is 1.76. The quantitative estimate of drug-likeness (QED) is 0.884. The van der Waals surface area contributed by atoms with Crippen LogP contribution >= 0.6 is 0 Å². The number of anilines is 1. The van der Waals surface area contributed by atoms with E-state index in [1.165, 1.54) is 5.01 Å². The van der Waals surface area contributed by atoms with E-state index in [2.05, 4.69) is 10.4 Å². The molecule has 24 heavy (non-hydrogen) atoms. The van der Waals surface area contributed by atoms with Crippen molar-refractivity contribution < 1.29 is 18.0 Å². The van der Waals surface area contributed by atoms with Crippen LogP contribution in [0.5, 0.6) is 0 Å². The van der Waals surface area contributed by atoms with Crippen LogP contribution in [0.4, 0.5) is 5.69 Å². The number of hydrogen-bond donors (Lipinski definition) is 1. The molecule has 0 spiro atoms. The van der Waals surface area contributed by atoms with Crippen LogP contribution in [0.25, 0.3) is 0 Å². The number of amides is 2. The first kappa shape index (κ1) is 16.6. The van der Waals surface area contributed by atoms with Gasteiger partial charge in [-0.3, -0.25) is 9.59 Å². The summed E-state index contributed by atoms with van der Waals surface area (Å²) in [6.45, 7) is 1.93. The van der Waals surface area contributed by atoms with Gasteiger partial charge in [-0.25, -0.2) is 13.4 Å². The molecule has 3 rings (SSSR count). The summed E-state index contributed by atoms with van der Waals surface area (Å²) in [5.41, 5.74) is 1.93. The van der Waals surface area contributed by atoms with Gasteiger partial charge in [-0.05, 0) is 31.0 Å². The van der Waals surface area contributed by atoms with Crippen molar-refractivity contribution >= 4 is 33.1 Å². The van der Waals surface area contributed by atoms with Crippen molar-refractivity contribution in [1.29, 1.82) is 0 Å². The van der Waals surface area contributed by atoms with Crippen LogP contribution in [0.1, 0.15) is 24.8 Å². The standard InChI is InChI=1S/C16H19N3O4S/c1-11-3-2-4-12(9-11)17-16(21)14-5-6-15(20)19(18-14)13-7-8-24(22,23)10-13/h2-4,9,13H,5-8,10H2,1H3,(H,17,21)/t13-/m0/s1. The average molecular weight is 349 g/mol. The van der Waals surface area contributed by atoms with Gasteiger partial charge in [-0.1, -0.05) is 12.1 Å². The number of aryl methyl sites for hydroxylation is 1. The Hall–Kier alpha value is -2.22. The highest BCUT2D eigenvalue weighted by Crippen LogP contribution is 2.22. The van der Waals surface area contributed by atoms with Crippen LogP contribution < -0.4 is 5.32 Å². The van der Waals surface area contributed by atoms with Crippen molar-refractivity contribution in [2.24, 2.45) is 5.10 Å². The fourth-order valence-corrected chi connectivity index (χ4v) is 4.61. The van der Waals surface area contributed by atoms with Gasteiger partial charge in [0.05, 0.1) is 17.5 Å². The largest absolute Gasteiger partial charge is 0.321 e. The Kier molecular flexibility index (Phi) is 4.40. The van der Waals surface area contributed by atoms with E-state index in [0.29, 0.717) is 12.1 Å². The van der Waals surface area contributed by atoms with E-state index in [-0.39, 0.29) is 41.9 Å². The van der Waals surface area contributed by atoms with E-state index in [9.17, 15) is 18.0 Å². The van der Waals surface area contributed by atoms with Gasteiger partial charge in [0.2, 0.25) is 5.91 Å². The fraction of sp³-hybridized carbons (Fsp3) is 0.438. The zero-order valence-electron chi connectivity index (χ0n) is 13.4. The maximum absolute atomic E-state index is 12.4. The molecule has 0 unspecified atom stereocenters. The lowest BCUT2D eigenvalue weighted by Crippen LogP contribution is -2.42. The lowest BCUT2D eigenvalue weighted by atomic mass is 10.1. The molecule has 1 aromatic carbocycles. The predicted octanol–water partition coefficient (Wildman–Crippen LogP) is 1.10. The number of carbonyl (C=O) groups is 2. The number of hydrazone groups is 1. The van der Waals surface area contributed by atoms with E-state index in [0.717, 1.165) is 5.56 Å². The molecule has 1 atom stereocenters. The highest BCUT2D eigenvalue weighted by atomic mass is 32.2. The van der Waals surface area contributed by atoms with Crippen molar-refractivity contribution in [2.45, 2.75) is 32.2 Å². The zero-order chi connectivity index (χ0) is 17.3. The molecule has 0 aliphatic carbocycles. The molecule has 128 valence electrons. The van der Waals surface area contributed by atoms with Crippen LogP contribution in [0, 0.1) is 6.92 Å². The molecule has 1 N–H and O–H groups in total. The first-order valence-corrected chi connectivity index (χ1v) is 9.64. The van der Waals surface area contributed by atoms with Crippen molar-refractivity contribution in [3.63, 3.8) is 0 Å². The summed E-state index contributed by atoms with van der Waals surface area (Å²) in [7, 11) is -3.12. The van der Waals surface area contributed by atoms with Gasteiger partial charge in [0.25, 0.3) is 5.91 Å². The minimum absolute atomic E-state index is 0.0573. The summed E-state index contributed by atoms with van der Waals surface area (Å²) in [6.07, 6.45) is 0.785. The Morgan fingerprint density at radius 3 is 2.79 bits per heavy atom. The lowest BCUT2D eigenvalue weighted by molar-refractivity contribution is -0.133. The first-order chi connectivity index (χ1) is 11.3. The molecule has 0 aromatic heterocycles. The minimum Gasteiger partial charge on any atom is -0.321 e. The second-order valence-electron chi connectivity index (χ2n) is 6.17. The lowest BCUT2D eigenvalue weighted by Gasteiger charge is -2.27. The molecule has 2 amide bonds. The molecule has 1 saturated heterocycles. The molecule has 0 bridgehead atoms. The van der Waals surface area contributed by atoms with Crippen LogP contribution in [0.2, 0.25) is 0 Å². The number of nitrogens with one attached hydrogen (secondary N) is 1. The first-order valence-electron chi connectivity index (χ1n) is 7.82. The molecule has 0 saturated carbocycles. The number of sulfone groups is 1. The number of benzene rings is 1.